The van der Waals surface area contributed by atoms with E-state index in [0.29, 0.717) is 0 Å². The molecule has 3 rings (SSSR count). The Kier molecular flexibility index (Phi) is 1.41. The highest BCUT2D eigenvalue weighted by atomic mass is 15.3. The van der Waals surface area contributed by atoms with Crippen LogP contribution < -0.4 is 0 Å². The molecule has 0 aliphatic rings. The zero-order valence-electron chi connectivity index (χ0n) is 7.38. The molecule has 0 fully saturated rings. The van der Waals surface area contributed by atoms with Gasteiger partial charge in [-0.05, 0) is 24.3 Å². The fraction of sp³-hybridized carbons (Fsp3) is 0. The maximum absolute atomic E-state index is 4.22. The van der Waals surface area contributed by atoms with Gasteiger partial charge in [0.1, 0.15) is 11.5 Å². The van der Waals surface area contributed by atoms with Gasteiger partial charge in [0.05, 0.1) is 0 Å². The second kappa shape index (κ2) is 2.70. The zero-order valence-corrected chi connectivity index (χ0v) is 7.38. The van der Waals surface area contributed by atoms with Gasteiger partial charge in [-0.15, -0.1) is 0 Å². The number of hydrogen-bond donors (Lipinski definition) is 1. The van der Waals surface area contributed by atoms with E-state index < -0.39 is 0 Å². The lowest BCUT2D eigenvalue weighted by molar-refractivity contribution is 0.857. The minimum absolute atomic E-state index is 0.887. The highest BCUT2D eigenvalue weighted by molar-refractivity contribution is 5.78. The van der Waals surface area contributed by atoms with E-state index in [2.05, 4.69) is 15.1 Å². The van der Waals surface area contributed by atoms with Crippen LogP contribution in [0.25, 0.3) is 16.9 Å². The van der Waals surface area contributed by atoms with Gasteiger partial charge in [-0.25, -0.2) is 9.67 Å². The third-order valence-corrected chi connectivity index (χ3v) is 2.13. The molecule has 3 aromatic rings. The number of pyridine rings is 1. The Hall–Kier alpha value is -2.10. The van der Waals surface area contributed by atoms with Crippen LogP contribution in [0, 0.1) is 0 Å². The fourth-order valence-corrected chi connectivity index (χ4v) is 1.48. The Balaban J connectivity index is 2.24. The molecule has 0 aliphatic heterocycles. The summed E-state index contributed by atoms with van der Waals surface area (Å²) in [5, 5.41) is 5.23. The smallest absolute Gasteiger partial charge is 0.138 e. The number of aromatic amines is 1. The number of rotatable bonds is 1. The largest absolute Gasteiger partial charge is 0.324 e. The average molecular weight is 184 g/mol. The van der Waals surface area contributed by atoms with Crippen LogP contribution in [0.2, 0.25) is 0 Å². The lowest BCUT2D eigenvalue weighted by atomic mass is 10.3. The molecule has 0 spiro atoms. The standard InChI is InChI=1S/C10H8N4/c1-3-8-7-9(13-10(8)11-4-1)14-6-2-5-12-14/h1-7H,(H,11,13). The van der Waals surface area contributed by atoms with E-state index in [1.54, 1.807) is 17.1 Å². The van der Waals surface area contributed by atoms with Crippen molar-refractivity contribution in [3.63, 3.8) is 0 Å². The summed E-state index contributed by atoms with van der Waals surface area (Å²) in [6.45, 7) is 0. The molecule has 0 bridgehead atoms. The molecule has 14 heavy (non-hydrogen) atoms. The maximum Gasteiger partial charge on any atom is 0.138 e. The van der Waals surface area contributed by atoms with Gasteiger partial charge in [0.2, 0.25) is 0 Å². The van der Waals surface area contributed by atoms with E-state index in [4.69, 9.17) is 0 Å². The normalized spacial score (nSPS) is 10.9. The highest BCUT2D eigenvalue weighted by Crippen LogP contribution is 2.14. The minimum Gasteiger partial charge on any atom is -0.324 e. The summed E-state index contributed by atoms with van der Waals surface area (Å²) >= 11 is 0. The van der Waals surface area contributed by atoms with Crippen molar-refractivity contribution in [3.8, 4) is 5.82 Å². The summed E-state index contributed by atoms with van der Waals surface area (Å²) in [5.41, 5.74) is 0.887. The summed E-state index contributed by atoms with van der Waals surface area (Å²) in [5.74, 6) is 0.934. The SMILES string of the molecule is c1cnc2[nH]c(-n3cccn3)cc2c1. The Morgan fingerprint density at radius 1 is 1.21 bits per heavy atom. The van der Waals surface area contributed by atoms with Gasteiger partial charge in [-0.1, -0.05) is 0 Å². The molecule has 3 heterocycles. The van der Waals surface area contributed by atoms with Crippen molar-refractivity contribution in [2.45, 2.75) is 0 Å². The molecule has 3 aromatic heterocycles. The van der Waals surface area contributed by atoms with Gasteiger partial charge in [0.15, 0.2) is 0 Å². The number of aromatic nitrogens is 4. The maximum atomic E-state index is 4.22. The van der Waals surface area contributed by atoms with E-state index in [0.717, 1.165) is 16.9 Å². The van der Waals surface area contributed by atoms with Crippen molar-refractivity contribution in [1.29, 1.82) is 0 Å². The van der Waals surface area contributed by atoms with Crippen LogP contribution in [0.3, 0.4) is 0 Å². The first-order valence-corrected chi connectivity index (χ1v) is 4.37. The van der Waals surface area contributed by atoms with E-state index in [1.165, 1.54) is 0 Å². The summed E-state index contributed by atoms with van der Waals surface area (Å²) in [4.78, 5) is 7.40. The lowest BCUT2D eigenvalue weighted by Crippen LogP contribution is -1.93. The minimum atomic E-state index is 0.887. The number of nitrogens with zero attached hydrogens (tertiary/aromatic N) is 3. The van der Waals surface area contributed by atoms with Gasteiger partial charge < -0.3 is 4.98 Å². The monoisotopic (exact) mass is 184 g/mol. The fourth-order valence-electron chi connectivity index (χ4n) is 1.48. The lowest BCUT2D eigenvalue weighted by Gasteiger charge is -1.93. The molecule has 0 aliphatic carbocycles. The predicted octanol–water partition coefficient (Wildman–Crippen LogP) is 1.75. The number of fused-ring (bicyclic) bond motifs is 1. The van der Waals surface area contributed by atoms with Crippen molar-refractivity contribution in [2.75, 3.05) is 0 Å². The quantitative estimate of drug-likeness (QED) is 0.626. The summed E-state index contributed by atoms with van der Waals surface area (Å²) in [6.07, 6.45) is 5.41. The first kappa shape index (κ1) is 7.32. The number of hydrogen-bond acceptors (Lipinski definition) is 2. The first-order valence-electron chi connectivity index (χ1n) is 4.37. The Morgan fingerprint density at radius 3 is 3.00 bits per heavy atom. The van der Waals surface area contributed by atoms with E-state index in [9.17, 15) is 0 Å². The van der Waals surface area contributed by atoms with Crippen molar-refractivity contribution in [1.82, 2.24) is 19.7 Å². The number of H-pyrrole nitrogens is 1. The van der Waals surface area contributed by atoms with Crippen LogP contribution in [0.15, 0.2) is 42.9 Å². The van der Waals surface area contributed by atoms with Gasteiger partial charge in [-0.3, -0.25) is 0 Å². The molecule has 0 saturated heterocycles. The van der Waals surface area contributed by atoms with Crippen LogP contribution in [-0.2, 0) is 0 Å². The zero-order chi connectivity index (χ0) is 9.38. The molecule has 0 amide bonds. The van der Waals surface area contributed by atoms with Crippen molar-refractivity contribution >= 4 is 11.0 Å². The molecule has 0 saturated carbocycles. The number of nitrogens with one attached hydrogen (secondary N) is 1. The van der Waals surface area contributed by atoms with E-state index in [-0.39, 0.29) is 0 Å². The molecule has 0 unspecified atom stereocenters. The van der Waals surface area contributed by atoms with Crippen LogP contribution in [0.4, 0.5) is 0 Å². The third-order valence-electron chi connectivity index (χ3n) is 2.13. The van der Waals surface area contributed by atoms with E-state index >= 15 is 0 Å². The van der Waals surface area contributed by atoms with Crippen molar-refractivity contribution < 1.29 is 0 Å². The Bertz CT molecular complexity index is 517. The van der Waals surface area contributed by atoms with Crippen molar-refractivity contribution in [3.05, 3.63) is 42.9 Å². The molecule has 4 heteroatoms. The van der Waals surface area contributed by atoms with Crippen LogP contribution in [-0.4, -0.2) is 19.7 Å². The van der Waals surface area contributed by atoms with E-state index in [1.807, 2.05) is 30.5 Å². The molecule has 0 radical (unpaired) electrons. The van der Waals surface area contributed by atoms with Gasteiger partial charge in [0.25, 0.3) is 0 Å². The van der Waals surface area contributed by atoms with Crippen LogP contribution in [0.5, 0.6) is 0 Å². The third kappa shape index (κ3) is 1.01. The average Bonchev–Trinajstić information content (AvgIpc) is 2.86. The summed E-state index contributed by atoms with van der Waals surface area (Å²) in [7, 11) is 0. The Morgan fingerprint density at radius 2 is 2.21 bits per heavy atom. The first-order chi connectivity index (χ1) is 6.93. The molecule has 68 valence electrons. The predicted molar refractivity (Wildman–Crippen MR) is 53.2 cm³/mol. The van der Waals surface area contributed by atoms with Gasteiger partial charge in [-0.2, -0.15) is 5.10 Å². The molecule has 0 aromatic carbocycles. The van der Waals surface area contributed by atoms with Gasteiger partial charge in [0, 0.05) is 24.0 Å². The second-order valence-electron chi connectivity index (χ2n) is 3.05. The second-order valence-corrected chi connectivity index (χ2v) is 3.05. The van der Waals surface area contributed by atoms with Gasteiger partial charge >= 0.3 is 0 Å². The molecule has 4 nitrogen and oxygen atoms in total. The summed E-state index contributed by atoms with van der Waals surface area (Å²) in [6, 6.07) is 7.85. The molecular formula is C10H8N4. The van der Waals surface area contributed by atoms with Crippen molar-refractivity contribution in [2.24, 2.45) is 0 Å². The highest BCUT2D eigenvalue weighted by Gasteiger charge is 2.01. The van der Waals surface area contributed by atoms with Crippen LogP contribution >= 0.6 is 0 Å². The summed E-state index contributed by atoms with van der Waals surface area (Å²) < 4.78 is 1.78. The Labute approximate surface area is 80.2 Å². The van der Waals surface area contributed by atoms with Crippen LogP contribution in [0.1, 0.15) is 0 Å². The topological polar surface area (TPSA) is 46.5 Å². The molecular weight excluding hydrogens is 176 g/mol. The molecule has 1 N–H and O–H groups in total. The molecule has 0 atom stereocenters.